The molecule has 19 heavy (non-hydrogen) atoms. The number of carbonyl (C=O) groups excluding carboxylic acids is 1. The van der Waals surface area contributed by atoms with Crippen LogP contribution in [0, 0.1) is 5.92 Å². The topological polar surface area (TPSA) is 58.4 Å². The minimum absolute atomic E-state index is 0.393. The molecule has 2 heterocycles. The minimum Gasteiger partial charge on any atom is -0.370 e. The molecule has 0 aliphatic carbocycles. The number of amides is 1. The zero-order valence-corrected chi connectivity index (χ0v) is 12.3. The molecule has 2 aliphatic heterocycles. The monoisotopic (exact) mass is 323 g/mol. The van der Waals surface area contributed by atoms with Crippen molar-refractivity contribution in [2.24, 2.45) is 11.7 Å². The van der Waals surface area contributed by atoms with E-state index < -0.39 is 5.91 Å². The third-order valence-corrected chi connectivity index (χ3v) is 4.84. The third-order valence-electron chi connectivity index (χ3n) is 4.18. The van der Waals surface area contributed by atoms with Gasteiger partial charge in [0.25, 0.3) is 0 Å². The van der Waals surface area contributed by atoms with Crippen molar-refractivity contribution in [2.45, 2.75) is 18.9 Å². The van der Waals surface area contributed by atoms with Gasteiger partial charge in [0.15, 0.2) is 0 Å². The highest BCUT2D eigenvalue weighted by Gasteiger charge is 2.34. The van der Waals surface area contributed by atoms with Crippen LogP contribution in [0.1, 0.15) is 23.2 Å². The molecule has 5 heteroatoms. The van der Waals surface area contributed by atoms with Crippen LogP contribution in [0.3, 0.4) is 0 Å². The maximum absolute atomic E-state index is 11.2. The molecule has 0 bridgehead atoms. The highest BCUT2D eigenvalue weighted by molar-refractivity contribution is 9.10. The number of piperidine rings is 1. The van der Waals surface area contributed by atoms with Crippen LogP contribution in [0.2, 0.25) is 0 Å². The smallest absolute Gasteiger partial charge is 0.249 e. The van der Waals surface area contributed by atoms with Gasteiger partial charge < -0.3 is 16.0 Å². The Bertz CT molecular complexity index is 491. The summed E-state index contributed by atoms with van der Waals surface area (Å²) in [6.45, 7) is 3.28. The summed E-state index contributed by atoms with van der Waals surface area (Å²) >= 11 is 3.43. The summed E-state index contributed by atoms with van der Waals surface area (Å²) in [5.74, 6) is 0.360. The highest BCUT2D eigenvalue weighted by Crippen LogP contribution is 2.31. The van der Waals surface area contributed by atoms with Gasteiger partial charge in [-0.2, -0.15) is 0 Å². The summed E-state index contributed by atoms with van der Waals surface area (Å²) < 4.78 is 0.778. The highest BCUT2D eigenvalue weighted by atomic mass is 79.9. The molecule has 3 N–H and O–H groups in total. The number of primary amides is 1. The Kier molecular flexibility index (Phi) is 3.50. The molecular formula is C14H18BrN3O. The number of carbonyl (C=O) groups is 1. The fourth-order valence-electron chi connectivity index (χ4n) is 3.16. The van der Waals surface area contributed by atoms with Crippen molar-refractivity contribution < 1.29 is 4.79 Å². The summed E-state index contributed by atoms with van der Waals surface area (Å²) in [5.41, 5.74) is 7.02. The molecule has 3 rings (SSSR count). The summed E-state index contributed by atoms with van der Waals surface area (Å²) in [7, 11) is 0. The normalized spacial score (nSPS) is 26.3. The Morgan fingerprint density at radius 3 is 2.95 bits per heavy atom. The lowest BCUT2D eigenvalue weighted by Gasteiger charge is -2.24. The quantitative estimate of drug-likeness (QED) is 0.871. The van der Waals surface area contributed by atoms with E-state index in [1.807, 2.05) is 12.1 Å². The zero-order chi connectivity index (χ0) is 13.4. The summed E-state index contributed by atoms with van der Waals surface area (Å²) in [5, 5.41) is 3.60. The Hall–Kier alpha value is -1.07. The first kappa shape index (κ1) is 12.9. The second-order valence-corrected chi connectivity index (χ2v) is 6.25. The molecule has 2 fully saturated rings. The van der Waals surface area contributed by atoms with Crippen LogP contribution in [0.4, 0.5) is 5.69 Å². The van der Waals surface area contributed by atoms with Crippen LogP contribution in [-0.2, 0) is 0 Å². The summed E-state index contributed by atoms with van der Waals surface area (Å²) in [6, 6.07) is 6.40. The molecule has 1 aromatic rings. The van der Waals surface area contributed by atoms with Gasteiger partial charge in [-0.15, -0.1) is 0 Å². The number of fused-ring (bicyclic) bond motifs is 1. The molecule has 2 saturated heterocycles. The van der Waals surface area contributed by atoms with E-state index in [4.69, 9.17) is 5.73 Å². The first-order chi connectivity index (χ1) is 9.15. The van der Waals surface area contributed by atoms with Crippen molar-refractivity contribution in [2.75, 3.05) is 24.5 Å². The van der Waals surface area contributed by atoms with Crippen LogP contribution in [0.15, 0.2) is 22.7 Å². The van der Waals surface area contributed by atoms with Gasteiger partial charge >= 0.3 is 0 Å². The van der Waals surface area contributed by atoms with Crippen LogP contribution < -0.4 is 16.0 Å². The largest absolute Gasteiger partial charge is 0.370 e. The predicted octanol–water partition coefficient (Wildman–Crippen LogP) is 1.74. The fourth-order valence-corrected chi connectivity index (χ4v) is 3.72. The standard InChI is InChI=1S/C14H18BrN3O/c15-12-6-10(3-4-11(12)14(16)19)18-7-9-2-1-5-17-13(9)8-18/h3-4,6,9,13,17H,1-2,5,7-8H2,(H2,16,19). The van der Waals surface area contributed by atoms with Crippen LogP contribution in [-0.4, -0.2) is 31.6 Å². The number of anilines is 1. The molecule has 102 valence electrons. The molecule has 0 aromatic heterocycles. The molecule has 0 radical (unpaired) electrons. The van der Waals surface area contributed by atoms with Gasteiger partial charge in [0.05, 0.1) is 5.56 Å². The van der Waals surface area contributed by atoms with E-state index in [9.17, 15) is 4.79 Å². The van der Waals surface area contributed by atoms with Crippen molar-refractivity contribution in [1.29, 1.82) is 0 Å². The zero-order valence-electron chi connectivity index (χ0n) is 10.7. The average molecular weight is 324 g/mol. The van der Waals surface area contributed by atoms with Crippen LogP contribution in [0.5, 0.6) is 0 Å². The number of nitrogens with zero attached hydrogens (tertiary/aromatic N) is 1. The molecule has 2 atom stereocenters. The molecule has 4 nitrogen and oxygen atoms in total. The molecule has 2 unspecified atom stereocenters. The van der Waals surface area contributed by atoms with E-state index in [-0.39, 0.29) is 0 Å². The summed E-state index contributed by atoms with van der Waals surface area (Å²) in [4.78, 5) is 13.6. The number of benzene rings is 1. The second-order valence-electron chi connectivity index (χ2n) is 5.40. The van der Waals surface area contributed by atoms with E-state index in [0.717, 1.165) is 35.7 Å². The van der Waals surface area contributed by atoms with Crippen LogP contribution >= 0.6 is 15.9 Å². The first-order valence-electron chi connectivity index (χ1n) is 6.73. The van der Waals surface area contributed by atoms with E-state index >= 15 is 0 Å². The molecule has 1 aromatic carbocycles. The SMILES string of the molecule is NC(=O)c1ccc(N2CC3CCCNC3C2)cc1Br. The summed E-state index contributed by atoms with van der Waals surface area (Å²) in [6.07, 6.45) is 2.59. The molecular weight excluding hydrogens is 306 g/mol. The molecule has 1 amide bonds. The van der Waals surface area contributed by atoms with Crippen LogP contribution in [0.25, 0.3) is 0 Å². The number of halogens is 1. The number of nitrogens with one attached hydrogen (secondary N) is 1. The van der Waals surface area contributed by atoms with Crippen molar-refractivity contribution in [1.82, 2.24) is 5.32 Å². The van der Waals surface area contributed by atoms with Crippen molar-refractivity contribution >= 4 is 27.5 Å². The Balaban J connectivity index is 1.80. The molecule has 2 aliphatic rings. The number of hydrogen-bond donors (Lipinski definition) is 2. The van der Waals surface area contributed by atoms with Gasteiger partial charge in [-0.1, -0.05) is 0 Å². The average Bonchev–Trinajstić information content (AvgIpc) is 2.81. The lowest BCUT2D eigenvalue weighted by Crippen LogP contribution is -2.40. The van der Waals surface area contributed by atoms with Gasteiger partial charge in [-0.25, -0.2) is 0 Å². The Morgan fingerprint density at radius 1 is 1.42 bits per heavy atom. The molecule has 0 spiro atoms. The van der Waals surface area contributed by atoms with E-state index in [2.05, 4.69) is 26.1 Å². The second kappa shape index (κ2) is 5.13. The number of hydrogen-bond acceptors (Lipinski definition) is 3. The Morgan fingerprint density at radius 2 is 2.26 bits per heavy atom. The molecule has 0 saturated carbocycles. The maximum atomic E-state index is 11.2. The van der Waals surface area contributed by atoms with E-state index in [1.54, 1.807) is 6.07 Å². The van der Waals surface area contributed by atoms with Gasteiger partial charge in [0, 0.05) is 29.3 Å². The number of rotatable bonds is 2. The van der Waals surface area contributed by atoms with Gasteiger partial charge in [-0.3, -0.25) is 4.79 Å². The van der Waals surface area contributed by atoms with Crippen molar-refractivity contribution in [3.8, 4) is 0 Å². The van der Waals surface area contributed by atoms with Gasteiger partial charge in [-0.05, 0) is 59.4 Å². The third kappa shape index (κ3) is 2.49. The van der Waals surface area contributed by atoms with E-state index in [0.29, 0.717) is 11.6 Å². The van der Waals surface area contributed by atoms with Gasteiger partial charge in [0.1, 0.15) is 0 Å². The van der Waals surface area contributed by atoms with Crippen molar-refractivity contribution in [3.05, 3.63) is 28.2 Å². The first-order valence-corrected chi connectivity index (χ1v) is 7.52. The van der Waals surface area contributed by atoms with E-state index in [1.165, 1.54) is 12.8 Å². The van der Waals surface area contributed by atoms with Gasteiger partial charge in [0.2, 0.25) is 5.91 Å². The minimum atomic E-state index is -0.393. The lowest BCUT2D eigenvalue weighted by atomic mass is 9.94. The van der Waals surface area contributed by atoms with Crippen molar-refractivity contribution in [3.63, 3.8) is 0 Å². The predicted molar refractivity (Wildman–Crippen MR) is 79.4 cm³/mol. The Labute approximate surface area is 121 Å². The number of nitrogens with two attached hydrogens (primary N) is 1. The lowest BCUT2D eigenvalue weighted by molar-refractivity contribution is 0.0999. The fraction of sp³-hybridized carbons (Fsp3) is 0.500. The maximum Gasteiger partial charge on any atom is 0.249 e.